The predicted octanol–water partition coefficient (Wildman–Crippen LogP) is 4.59. The van der Waals surface area contributed by atoms with Crippen LogP contribution in [0.2, 0.25) is 0 Å². The molecule has 3 atom stereocenters. The van der Waals surface area contributed by atoms with Gasteiger partial charge in [0.1, 0.15) is 30.6 Å². The monoisotopic (exact) mass is 402 g/mol. The lowest BCUT2D eigenvalue weighted by Crippen LogP contribution is -2.50. The van der Waals surface area contributed by atoms with Crippen molar-refractivity contribution in [3.05, 3.63) is 65.2 Å². The third-order valence-corrected chi connectivity index (χ3v) is 6.05. The molecule has 1 saturated heterocycles. The summed E-state index contributed by atoms with van der Waals surface area (Å²) in [5.41, 5.74) is 0.516. The van der Waals surface area contributed by atoms with Crippen LogP contribution in [-0.2, 0) is 27.3 Å². The SMILES string of the molecule is CC(Cc1cc(F)c(OCc2ccccc2)cc1F)[C@]12CCC(=O)CC1OCO2. The van der Waals surface area contributed by atoms with Crippen molar-refractivity contribution in [3.63, 3.8) is 0 Å². The minimum absolute atomic E-state index is 0.109. The zero-order valence-corrected chi connectivity index (χ0v) is 16.3. The average molecular weight is 402 g/mol. The summed E-state index contributed by atoms with van der Waals surface area (Å²) < 4.78 is 46.2. The van der Waals surface area contributed by atoms with E-state index in [1.165, 1.54) is 6.07 Å². The number of benzene rings is 2. The minimum Gasteiger partial charge on any atom is -0.486 e. The summed E-state index contributed by atoms with van der Waals surface area (Å²) in [6.07, 6.45) is 1.25. The van der Waals surface area contributed by atoms with Crippen LogP contribution in [0, 0.1) is 17.6 Å². The maximum atomic E-state index is 14.7. The second kappa shape index (κ2) is 8.20. The largest absolute Gasteiger partial charge is 0.486 e. The summed E-state index contributed by atoms with van der Waals surface area (Å²) in [5.74, 6) is -1.20. The Morgan fingerprint density at radius 1 is 1.21 bits per heavy atom. The molecule has 2 aromatic carbocycles. The molecule has 2 aliphatic rings. The summed E-state index contributed by atoms with van der Waals surface area (Å²) in [6.45, 7) is 2.23. The van der Waals surface area contributed by atoms with Crippen LogP contribution in [0.3, 0.4) is 0 Å². The maximum absolute atomic E-state index is 14.7. The van der Waals surface area contributed by atoms with Crippen molar-refractivity contribution < 1.29 is 27.8 Å². The number of fused-ring (bicyclic) bond motifs is 1. The van der Waals surface area contributed by atoms with Crippen molar-refractivity contribution in [2.45, 2.75) is 50.9 Å². The highest BCUT2D eigenvalue weighted by Gasteiger charge is 2.52. The molecule has 29 heavy (non-hydrogen) atoms. The molecule has 0 bridgehead atoms. The first-order valence-corrected chi connectivity index (χ1v) is 9.90. The van der Waals surface area contributed by atoms with Crippen molar-refractivity contribution in [3.8, 4) is 5.75 Å². The van der Waals surface area contributed by atoms with E-state index in [2.05, 4.69) is 0 Å². The molecule has 0 spiro atoms. The van der Waals surface area contributed by atoms with Gasteiger partial charge in [-0.15, -0.1) is 0 Å². The number of hydrogen-bond acceptors (Lipinski definition) is 4. The predicted molar refractivity (Wildman–Crippen MR) is 102 cm³/mol. The van der Waals surface area contributed by atoms with Gasteiger partial charge in [-0.3, -0.25) is 4.79 Å². The van der Waals surface area contributed by atoms with Crippen LogP contribution in [-0.4, -0.2) is 24.3 Å². The van der Waals surface area contributed by atoms with E-state index in [4.69, 9.17) is 14.2 Å². The van der Waals surface area contributed by atoms with Crippen molar-refractivity contribution in [1.82, 2.24) is 0 Å². The number of carbonyl (C=O) groups is 1. The molecule has 4 nitrogen and oxygen atoms in total. The average Bonchev–Trinajstić information content (AvgIpc) is 3.14. The molecule has 2 unspecified atom stereocenters. The van der Waals surface area contributed by atoms with Crippen molar-refractivity contribution in [1.29, 1.82) is 0 Å². The van der Waals surface area contributed by atoms with Gasteiger partial charge in [0, 0.05) is 18.9 Å². The van der Waals surface area contributed by atoms with Gasteiger partial charge in [-0.2, -0.15) is 0 Å². The minimum atomic E-state index is -0.626. The lowest BCUT2D eigenvalue weighted by atomic mass is 9.72. The maximum Gasteiger partial charge on any atom is 0.165 e. The summed E-state index contributed by atoms with van der Waals surface area (Å²) in [7, 11) is 0. The van der Waals surface area contributed by atoms with Crippen LogP contribution in [0.4, 0.5) is 8.78 Å². The van der Waals surface area contributed by atoms with E-state index in [0.29, 0.717) is 19.3 Å². The van der Waals surface area contributed by atoms with E-state index >= 15 is 0 Å². The third kappa shape index (κ3) is 4.05. The fourth-order valence-corrected chi connectivity index (χ4v) is 4.35. The molecule has 1 heterocycles. The molecule has 0 N–H and O–H groups in total. The highest BCUT2D eigenvalue weighted by molar-refractivity contribution is 5.80. The first kappa shape index (κ1) is 20.0. The summed E-state index contributed by atoms with van der Waals surface area (Å²) >= 11 is 0. The first-order valence-electron chi connectivity index (χ1n) is 9.90. The van der Waals surface area contributed by atoms with Crippen molar-refractivity contribution >= 4 is 5.78 Å². The number of carbonyl (C=O) groups excluding carboxylic acids is 1. The van der Waals surface area contributed by atoms with E-state index in [0.717, 1.165) is 11.6 Å². The third-order valence-electron chi connectivity index (χ3n) is 6.05. The summed E-state index contributed by atoms with van der Waals surface area (Å²) in [5, 5.41) is 0. The number of ketones is 1. The quantitative estimate of drug-likeness (QED) is 0.709. The Labute approximate surface area is 168 Å². The summed E-state index contributed by atoms with van der Waals surface area (Å²) in [4.78, 5) is 11.8. The number of hydrogen-bond donors (Lipinski definition) is 0. The normalized spacial score (nSPS) is 24.9. The highest BCUT2D eigenvalue weighted by Crippen LogP contribution is 2.43. The van der Waals surface area contributed by atoms with Gasteiger partial charge in [-0.1, -0.05) is 37.3 Å². The molecule has 1 saturated carbocycles. The Hall–Kier alpha value is -2.31. The van der Waals surface area contributed by atoms with E-state index in [1.54, 1.807) is 0 Å². The van der Waals surface area contributed by atoms with Gasteiger partial charge in [0.15, 0.2) is 11.6 Å². The van der Waals surface area contributed by atoms with Crippen molar-refractivity contribution in [2.75, 3.05) is 6.79 Å². The lowest BCUT2D eigenvalue weighted by molar-refractivity contribution is -0.130. The zero-order chi connectivity index (χ0) is 20.4. The van der Waals surface area contributed by atoms with Gasteiger partial charge >= 0.3 is 0 Å². The Morgan fingerprint density at radius 3 is 2.79 bits per heavy atom. The number of Topliss-reactive ketones (excluding diaryl/α,β-unsaturated/α-hetero) is 1. The van der Waals surface area contributed by atoms with Gasteiger partial charge in [-0.05, 0) is 36.0 Å². The van der Waals surface area contributed by atoms with Crippen LogP contribution >= 0.6 is 0 Å². The van der Waals surface area contributed by atoms with Gasteiger partial charge in [0.25, 0.3) is 0 Å². The van der Waals surface area contributed by atoms with E-state index in [9.17, 15) is 13.6 Å². The molecule has 154 valence electrons. The molecule has 1 aliphatic heterocycles. The van der Waals surface area contributed by atoms with Gasteiger partial charge < -0.3 is 14.2 Å². The number of halogens is 2. The topological polar surface area (TPSA) is 44.8 Å². The number of ether oxygens (including phenoxy) is 3. The Kier molecular flexibility index (Phi) is 5.65. The van der Waals surface area contributed by atoms with E-state index in [-0.39, 0.29) is 48.9 Å². The molecule has 0 aromatic heterocycles. The smallest absolute Gasteiger partial charge is 0.165 e. The molecule has 4 rings (SSSR count). The van der Waals surface area contributed by atoms with Crippen molar-refractivity contribution in [2.24, 2.45) is 5.92 Å². The van der Waals surface area contributed by atoms with E-state index in [1.807, 2.05) is 37.3 Å². The molecule has 0 amide bonds. The molecule has 6 heteroatoms. The second-order valence-electron chi connectivity index (χ2n) is 7.87. The van der Waals surface area contributed by atoms with Gasteiger partial charge in [0.05, 0.1) is 6.10 Å². The highest BCUT2D eigenvalue weighted by atomic mass is 19.1. The van der Waals surface area contributed by atoms with Crippen LogP contribution in [0.5, 0.6) is 5.75 Å². The Morgan fingerprint density at radius 2 is 2.00 bits per heavy atom. The molecule has 1 aliphatic carbocycles. The fraction of sp³-hybridized carbons (Fsp3) is 0.435. The molecule has 2 fully saturated rings. The molecule has 0 radical (unpaired) electrons. The number of rotatable bonds is 6. The van der Waals surface area contributed by atoms with Crippen LogP contribution < -0.4 is 4.74 Å². The fourth-order valence-electron chi connectivity index (χ4n) is 4.35. The van der Waals surface area contributed by atoms with Gasteiger partial charge in [-0.25, -0.2) is 8.78 Å². The Bertz CT molecular complexity index is 886. The second-order valence-corrected chi connectivity index (χ2v) is 7.87. The van der Waals surface area contributed by atoms with Crippen LogP contribution in [0.15, 0.2) is 42.5 Å². The van der Waals surface area contributed by atoms with Gasteiger partial charge in [0.2, 0.25) is 0 Å². The molecule has 2 aromatic rings. The zero-order valence-electron chi connectivity index (χ0n) is 16.3. The lowest BCUT2D eigenvalue weighted by Gasteiger charge is -2.40. The van der Waals surface area contributed by atoms with E-state index < -0.39 is 17.2 Å². The Balaban J connectivity index is 1.47. The van der Waals surface area contributed by atoms with Crippen LogP contribution in [0.1, 0.15) is 37.3 Å². The summed E-state index contributed by atoms with van der Waals surface area (Å²) in [6, 6.07) is 11.6. The molecular weight excluding hydrogens is 378 g/mol. The van der Waals surface area contributed by atoms with Crippen LogP contribution in [0.25, 0.3) is 0 Å². The molecular formula is C23H24F2O4. The first-order chi connectivity index (χ1) is 14.0. The standard InChI is InChI=1S/C23H24F2O4/c1-15(23-8-7-18(26)11-22(23)28-14-29-23)9-17-10-20(25)21(12-19(17)24)27-13-16-5-3-2-4-6-16/h2-6,10,12,15,22H,7-9,11,13-14H2,1H3/t15?,22?,23-/m1/s1.